The summed E-state index contributed by atoms with van der Waals surface area (Å²) in [7, 11) is 0. The zero-order chi connectivity index (χ0) is 14.9. The number of unbranched alkanes of at least 4 members (excludes halogenated alkanes) is 2. The van der Waals surface area contributed by atoms with Crippen LogP contribution in [-0.2, 0) is 9.47 Å². The van der Waals surface area contributed by atoms with Gasteiger partial charge in [0.25, 0.3) is 0 Å². The molecule has 0 amide bonds. The third-order valence-corrected chi connectivity index (χ3v) is 3.03. The number of rotatable bonds is 4. The highest BCUT2D eigenvalue weighted by Gasteiger charge is 2.78. The Morgan fingerprint density at radius 3 is 1.84 bits per heavy atom. The highest BCUT2D eigenvalue weighted by Crippen LogP contribution is 2.52. The normalized spacial score (nSPS) is 27.8. The van der Waals surface area contributed by atoms with Crippen LogP contribution in [0.4, 0.5) is 26.3 Å². The second-order valence-electron chi connectivity index (χ2n) is 4.59. The zero-order valence-electron chi connectivity index (χ0n) is 10.6. The summed E-state index contributed by atoms with van der Waals surface area (Å²) < 4.78 is 84.5. The molecule has 0 spiro atoms. The Morgan fingerprint density at radius 2 is 1.47 bits per heavy atom. The standard InChI is InChI=1S/C11H16F6O2/c1-3-4-5-6-8-7(2)18-9(19-8,10(12,13)14)11(15,16)17/h7-8H,3-6H2,1-2H3/t7-,8-/m1/s1. The molecular formula is C11H16F6O2. The molecular weight excluding hydrogens is 278 g/mol. The van der Waals surface area contributed by atoms with Crippen LogP contribution in [0.2, 0.25) is 0 Å². The van der Waals surface area contributed by atoms with E-state index in [9.17, 15) is 26.3 Å². The number of ether oxygens (including phenoxy) is 2. The van der Waals surface area contributed by atoms with Gasteiger partial charge < -0.3 is 9.47 Å². The second kappa shape index (κ2) is 5.47. The van der Waals surface area contributed by atoms with Crippen molar-refractivity contribution in [3.8, 4) is 0 Å². The maximum Gasteiger partial charge on any atom is 0.453 e. The molecule has 8 heteroatoms. The van der Waals surface area contributed by atoms with Crippen molar-refractivity contribution in [2.75, 3.05) is 0 Å². The fraction of sp³-hybridized carbons (Fsp3) is 1.00. The first-order valence-corrected chi connectivity index (χ1v) is 6.04. The van der Waals surface area contributed by atoms with Gasteiger partial charge in [0.15, 0.2) is 0 Å². The molecule has 2 atom stereocenters. The van der Waals surface area contributed by atoms with Gasteiger partial charge in [0.1, 0.15) is 0 Å². The topological polar surface area (TPSA) is 18.5 Å². The Bertz CT molecular complexity index is 285. The molecule has 2 nitrogen and oxygen atoms in total. The van der Waals surface area contributed by atoms with E-state index in [4.69, 9.17) is 0 Å². The summed E-state index contributed by atoms with van der Waals surface area (Å²) in [6, 6.07) is 0. The van der Waals surface area contributed by atoms with E-state index in [1.165, 1.54) is 0 Å². The first-order valence-electron chi connectivity index (χ1n) is 6.04. The number of alkyl halides is 6. The van der Waals surface area contributed by atoms with Gasteiger partial charge in [-0.1, -0.05) is 26.2 Å². The van der Waals surface area contributed by atoms with Gasteiger partial charge in [-0.25, -0.2) is 0 Å². The van der Waals surface area contributed by atoms with Crippen LogP contribution < -0.4 is 0 Å². The van der Waals surface area contributed by atoms with Crippen molar-refractivity contribution in [1.82, 2.24) is 0 Å². The lowest BCUT2D eigenvalue weighted by Gasteiger charge is -2.31. The van der Waals surface area contributed by atoms with Crippen LogP contribution in [0.1, 0.15) is 39.5 Å². The Hall–Kier alpha value is -0.500. The smallest absolute Gasteiger partial charge is 0.330 e. The molecule has 1 fully saturated rings. The third-order valence-electron chi connectivity index (χ3n) is 3.03. The highest BCUT2D eigenvalue weighted by atomic mass is 19.4. The van der Waals surface area contributed by atoms with Crippen LogP contribution in [-0.4, -0.2) is 30.3 Å². The van der Waals surface area contributed by atoms with Crippen LogP contribution >= 0.6 is 0 Å². The van der Waals surface area contributed by atoms with Crippen molar-refractivity contribution in [3.63, 3.8) is 0 Å². The first-order chi connectivity index (χ1) is 8.55. The highest BCUT2D eigenvalue weighted by molar-refractivity contribution is 4.95. The summed E-state index contributed by atoms with van der Waals surface area (Å²) in [5, 5.41) is 0. The summed E-state index contributed by atoms with van der Waals surface area (Å²) in [5.74, 6) is -4.49. The zero-order valence-corrected chi connectivity index (χ0v) is 10.6. The van der Waals surface area contributed by atoms with E-state index in [0.717, 1.165) is 19.8 Å². The van der Waals surface area contributed by atoms with Crippen LogP contribution in [0.3, 0.4) is 0 Å². The van der Waals surface area contributed by atoms with E-state index in [1.54, 1.807) is 0 Å². The summed E-state index contributed by atoms with van der Waals surface area (Å²) in [5.41, 5.74) is 0. The maximum absolute atomic E-state index is 12.7. The van der Waals surface area contributed by atoms with Gasteiger partial charge in [-0.15, -0.1) is 0 Å². The predicted molar refractivity (Wildman–Crippen MR) is 54.4 cm³/mol. The molecule has 0 aromatic heterocycles. The van der Waals surface area contributed by atoms with Gasteiger partial charge in [-0.3, -0.25) is 0 Å². The van der Waals surface area contributed by atoms with E-state index in [0.29, 0.717) is 6.42 Å². The minimum atomic E-state index is -5.65. The molecule has 0 unspecified atom stereocenters. The quantitative estimate of drug-likeness (QED) is 0.571. The lowest BCUT2D eigenvalue weighted by atomic mass is 10.1. The molecule has 19 heavy (non-hydrogen) atoms. The minimum absolute atomic E-state index is 0.114. The summed E-state index contributed by atoms with van der Waals surface area (Å²) >= 11 is 0. The molecule has 0 bridgehead atoms. The fourth-order valence-electron chi connectivity index (χ4n) is 1.99. The fourth-order valence-corrected chi connectivity index (χ4v) is 1.99. The second-order valence-corrected chi connectivity index (χ2v) is 4.59. The molecule has 1 rings (SSSR count). The van der Waals surface area contributed by atoms with Crippen molar-refractivity contribution in [2.24, 2.45) is 0 Å². The van der Waals surface area contributed by atoms with Crippen LogP contribution in [0, 0.1) is 0 Å². The van der Waals surface area contributed by atoms with E-state index in [1.807, 2.05) is 6.92 Å². The summed E-state index contributed by atoms with van der Waals surface area (Å²) in [6.45, 7) is 3.04. The van der Waals surface area contributed by atoms with Crippen LogP contribution in [0.25, 0.3) is 0 Å². The van der Waals surface area contributed by atoms with E-state index >= 15 is 0 Å². The largest absolute Gasteiger partial charge is 0.453 e. The van der Waals surface area contributed by atoms with Crippen molar-refractivity contribution in [3.05, 3.63) is 0 Å². The van der Waals surface area contributed by atoms with Crippen molar-refractivity contribution < 1.29 is 35.8 Å². The predicted octanol–water partition coefficient (Wildman–Crippen LogP) is 4.19. The summed E-state index contributed by atoms with van der Waals surface area (Å²) in [4.78, 5) is 0. The van der Waals surface area contributed by atoms with Crippen LogP contribution in [0.15, 0.2) is 0 Å². The Labute approximate surface area is 107 Å². The average molecular weight is 294 g/mol. The average Bonchev–Trinajstić information content (AvgIpc) is 2.56. The maximum atomic E-state index is 12.7. The van der Waals surface area contributed by atoms with E-state index < -0.39 is 30.3 Å². The minimum Gasteiger partial charge on any atom is -0.330 e. The van der Waals surface area contributed by atoms with Gasteiger partial charge in [0.2, 0.25) is 0 Å². The van der Waals surface area contributed by atoms with Crippen molar-refractivity contribution in [1.29, 1.82) is 0 Å². The van der Waals surface area contributed by atoms with Gasteiger partial charge in [-0.05, 0) is 13.3 Å². The van der Waals surface area contributed by atoms with E-state index in [2.05, 4.69) is 9.47 Å². The van der Waals surface area contributed by atoms with Gasteiger partial charge in [0.05, 0.1) is 12.2 Å². The van der Waals surface area contributed by atoms with Crippen molar-refractivity contribution >= 4 is 0 Å². The SMILES string of the molecule is CCCCC[C@H]1OC(C(F)(F)F)(C(F)(F)F)O[C@@H]1C. The van der Waals surface area contributed by atoms with Gasteiger partial charge >= 0.3 is 18.1 Å². The number of hydrogen-bond acceptors (Lipinski definition) is 2. The monoisotopic (exact) mass is 294 g/mol. The van der Waals surface area contributed by atoms with E-state index in [-0.39, 0.29) is 6.42 Å². The molecule has 0 aromatic carbocycles. The number of halogens is 6. The van der Waals surface area contributed by atoms with Gasteiger partial charge in [-0.2, -0.15) is 26.3 Å². The Balaban J connectivity index is 2.87. The molecule has 114 valence electrons. The molecule has 1 saturated heterocycles. The molecule has 1 aliphatic heterocycles. The molecule has 0 saturated carbocycles. The number of hydrogen-bond donors (Lipinski definition) is 0. The van der Waals surface area contributed by atoms with Gasteiger partial charge in [0, 0.05) is 0 Å². The molecule has 0 aromatic rings. The third kappa shape index (κ3) is 3.16. The Kier molecular flexibility index (Phi) is 4.77. The molecule has 0 aliphatic carbocycles. The first kappa shape index (κ1) is 16.6. The molecule has 0 N–H and O–H groups in total. The summed E-state index contributed by atoms with van der Waals surface area (Å²) in [6.07, 6.45) is -11.6. The van der Waals surface area contributed by atoms with Crippen molar-refractivity contribution in [2.45, 2.75) is 69.9 Å². The molecule has 1 heterocycles. The molecule has 1 aliphatic rings. The Morgan fingerprint density at radius 1 is 0.947 bits per heavy atom. The lowest BCUT2D eigenvalue weighted by Crippen LogP contribution is -2.58. The van der Waals surface area contributed by atoms with Crippen LogP contribution in [0.5, 0.6) is 0 Å². The lowest BCUT2D eigenvalue weighted by molar-refractivity contribution is -0.445. The molecule has 0 radical (unpaired) electrons.